The molecule has 0 spiro atoms. The Kier molecular flexibility index (Phi) is 3.70. The van der Waals surface area contributed by atoms with E-state index in [0.29, 0.717) is 17.8 Å². The Morgan fingerprint density at radius 1 is 1.05 bits per heavy atom. The van der Waals surface area contributed by atoms with Crippen molar-refractivity contribution in [3.63, 3.8) is 0 Å². The van der Waals surface area contributed by atoms with Crippen molar-refractivity contribution in [2.24, 2.45) is 0 Å². The smallest absolute Gasteiger partial charge is 0.267 e. The van der Waals surface area contributed by atoms with Gasteiger partial charge in [0, 0.05) is 11.6 Å². The van der Waals surface area contributed by atoms with Crippen LogP contribution in [0.3, 0.4) is 0 Å². The highest BCUT2D eigenvalue weighted by Gasteiger charge is 2.06. The second kappa shape index (κ2) is 5.81. The molecule has 2 aromatic carbocycles. The molecule has 0 aliphatic carbocycles. The van der Waals surface area contributed by atoms with Gasteiger partial charge in [0.05, 0.1) is 17.9 Å². The van der Waals surface area contributed by atoms with Gasteiger partial charge in [0.1, 0.15) is 5.82 Å². The summed E-state index contributed by atoms with van der Waals surface area (Å²) >= 11 is 0. The maximum atomic E-state index is 13.2. The van der Waals surface area contributed by atoms with Gasteiger partial charge in [-0.2, -0.15) is 5.10 Å². The largest absolute Gasteiger partial charge is 0.396 e. The Morgan fingerprint density at radius 3 is 2.55 bits per heavy atom. The highest BCUT2D eigenvalue weighted by molar-refractivity contribution is 5.63. The fraction of sp³-hybridized carbons (Fsp3) is 0.0588. The number of nitrogens with two attached hydrogens (primary N) is 1. The molecule has 0 saturated heterocycles. The first-order valence-electron chi connectivity index (χ1n) is 6.81. The van der Waals surface area contributed by atoms with E-state index >= 15 is 0 Å². The summed E-state index contributed by atoms with van der Waals surface area (Å²) < 4.78 is 14.6. The van der Waals surface area contributed by atoms with Gasteiger partial charge in [0.25, 0.3) is 5.56 Å². The number of aromatic nitrogens is 2. The van der Waals surface area contributed by atoms with Gasteiger partial charge >= 0.3 is 0 Å². The monoisotopic (exact) mass is 295 g/mol. The molecule has 0 saturated carbocycles. The summed E-state index contributed by atoms with van der Waals surface area (Å²) in [7, 11) is 0. The van der Waals surface area contributed by atoms with Crippen molar-refractivity contribution in [3.8, 4) is 11.3 Å². The predicted octanol–water partition coefficient (Wildman–Crippen LogP) is 2.68. The van der Waals surface area contributed by atoms with Crippen molar-refractivity contribution in [2.75, 3.05) is 5.73 Å². The molecule has 0 radical (unpaired) electrons. The third kappa shape index (κ3) is 2.88. The maximum Gasteiger partial charge on any atom is 0.267 e. The van der Waals surface area contributed by atoms with E-state index in [9.17, 15) is 9.18 Å². The number of benzene rings is 2. The molecule has 3 rings (SSSR count). The molecule has 110 valence electrons. The zero-order valence-electron chi connectivity index (χ0n) is 11.7. The lowest BCUT2D eigenvalue weighted by molar-refractivity contribution is 0.632. The van der Waals surface area contributed by atoms with Crippen LogP contribution < -0.4 is 11.3 Å². The maximum absolute atomic E-state index is 13.2. The first-order chi connectivity index (χ1) is 10.6. The summed E-state index contributed by atoms with van der Waals surface area (Å²) in [6.07, 6.45) is 0. The van der Waals surface area contributed by atoms with Gasteiger partial charge in [-0.3, -0.25) is 4.79 Å². The molecule has 0 aliphatic heterocycles. The number of nitrogens with zero attached hydrogens (tertiary/aromatic N) is 2. The van der Waals surface area contributed by atoms with Crippen molar-refractivity contribution in [3.05, 3.63) is 82.4 Å². The molecule has 1 heterocycles. The van der Waals surface area contributed by atoms with Crippen LogP contribution >= 0.6 is 0 Å². The second-order valence-corrected chi connectivity index (χ2v) is 4.94. The summed E-state index contributed by atoms with van der Waals surface area (Å²) in [6, 6.07) is 17.0. The number of nitrogen functional groups attached to an aromatic ring is 1. The highest BCUT2D eigenvalue weighted by Crippen LogP contribution is 2.20. The molecule has 0 bridgehead atoms. The standard InChI is InChI=1S/C17H14FN3O/c18-14-7-6-13(10-15(14)19)16-8-9-17(22)21(20-16)11-12-4-2-1-3-5-12/h1-10H,11,19H2. The van der Waals surface area contributed by atoms with Crippen LogP contribution in [-0.2, 0) is 6.54 Å². The number of anilines is 1. The zero-order chi connectivity index (χ0) is 15.5. The number of hydrogen-bond acceptors (Lipinski definition) is 3. The lowest BCUT2D eigenvalue weighted by Crippen LogP contribution is -2.22. The quantitative estimate of drug-likeness (QED) is 0.756. The van der Waals surface area contributed by atoms with E-state index in [2.05, 4.69) is 5.10 Å². The Labute approximate surface area is 126 Å². The average Bonchev–Trinajstić information content (AvgIpc) is 2.53. The minimum Gasteiger partial charge on any atom is -0.396 e. The molecule has 3 aromatic rings. The minimum absolute atomic E-state index is 0.0557. The van der Waals surface area contributed by atoms with E-state index in [-0.39, 0.29) is 11.2 Å². The third-order valence-electron chi connectivity index (χ3n) is 3.33. The van der Waals surface area contributed by atoms with Gasteiger partial charge in [-0.15, -0.1) is 0 Å². The summed E-state index contributed by atoms with van der Waals surface area (Å²) in [5.41, 5.74) is 7.66. The molecule has 4 nitrogen and oxygen atoms in total. The fourth-order valence-electron chi connectivity index (χ4n) is 2.18. The SMILES string of the molecule is Nc1cc(-c2ccc(=O)n(Cc3ccccc3)n2)ccc1F. The van der Waals surface area contributed by atoms with E-state index in [1.807, 2.05) is 30.3 Å². The molecule has 0 unspecified atom stereocenters. The summed E-state index contributed by atoms with van der Waals surface area (Å²) in [6.45, 7) is 0.379. The molecular formula is C17H14FN3O. The summed E-state index contributed by atoms with van der Waals surface area (Å²) in [5.74, 6) is -0.471. The lowest BCUT2D eigenvalue weighted by atomic mass is 10.1. The molecule has 5 heteroatoms. The first-order valence-corrected chi connectivity index (χ1v) is 6.81. The first kappa shape index (κ1) is 14.0. The van der Waals surface area contributed by atoms with Crippen molar-refractivity contribution in [1.82, 2.24) is 9.78 Å². The average molecular weight is 295 g/mol. The van der Waals surface area contributed by atoms with Crippen LogP contribution in [-0.4, -0.2) is 9.78 Å². The molecule has 2 N–H and O–H groups in total. The lowest BCUT2D eigenvalue weighted by Gasteiger charge is -2.08. The predicted molar refractivity (Wildman–Crippen MR) is 83.8 cm³/mol. The topological polar surface area (TPSA) is 60.9 Å². The normalized spacial score (nSPS) is 10.6. The molecule has 22 heavy (non-hydrogen) atoms. The van der Waals surface area contributed by atoms with Crippen molar-refractivity contribution in [1.29, 1.82) is 0 Å². The molecule has 0 fully saturated rings. The van der Waals surface area contributed by atoms with Crippen LogP contribution in [0.15, 0.2) is 65.5 Å². The summed E-state index contributed by atoms with van der Waals surface area (Å²) in [5, 5.41) is 4.33. The Bertz CT molecular complexity index is 859. The van der Waals surface area contributed by atoms with Crippen LogP contribution in [0.5, 0.6) is 0 Å². The Morgan fingerprint density at radius 2 is 1.82 bits per heavy atom. The number of hydrogen-bond donors (Lipinski definition) is 1. The van der Waals surface area contributed by atoms with Gasteiger partial charge < -0.3 is 5.73 Å². The van der Waals surface area contributed by atoms with Crippen molar-refractivity contribution < 1.29 is 4.39 Å². The Hall–Kier alpha value is -2.95. The van der Waals surface area contributed by atoms with E-state index in [1.165, 1.54) is 22.9 Å². The van der Waals surface area contributed by atoms with Crippen molar-refractivity contribution >= 4 is 5.69 Å². The van der Waals surface area contributed by atoms with Gasteiger partial charge in [-0.1, -0.05) is 30.3 Å². The van der Waals surface area contributed by atoms with Gasteiger partial charge in [-0.25, -0.2) is 9.07 Å². The number of halogens is 1. The van der Waals surface area contributed by atoms with Crippen LogP contribution in [0.1, 0.15) is 5.56 Å². The molecule has 0 atom stereocenters. The fourth-order valence-corrected chi connectivity index (χ4v) is 2.18. The molecular weight excluding hydrogens is 281 g/mol. The van der Waals surface area contributed by atoms with E-state index in [4.69, 9.17) is 5.73 Å². The number of rotatable bonds is 3. The molecule has 0 aliphatic rings. The van der Waals surface area contributed by atoms with Crippen LogP contribution in [0.4, 0.5) is 10.1 Å². The van der Waals surface area contributed by atoms with Crippen molar-refractivity contribution in [2.45, 2.75) is 6.54 Å². The summed E-state index contributed by atoms with van der Waals surface area (Å²) in [4.78, 5) is 11.9. The van der Waals surface area contributed by atoms with Crippen LogP contribution in [0.25, 0.3) is 11.3 Å². The van der Waals surface area contributed by atoms with Gasteiger partial charge in [-0.05, 0) is 29.8 Å². The Balaban J connectivity index is 1.99. The van der Waals surface area contributed by atoms with E-state index in [1.54, 1.807) is 12.1 Å². The molecule has 0 amide bonds. The third-order valence-corrected chi connectivity index (χ3v) is 3.33. The highest BCUT2D eigenvalue weighted by atomic mass is 19.1. The minimum atomic E-state index is -0.471. The second-order valence-electron chi connectivity index (χ2n) is 4.94. The van der Waals surface area contributed by atoms with E-state index < -0.39 is 5.82 Å². The van der Waals surface area contributed by atoms with Gasteiger partial charge in [0.15, 0.2) is 0 Å². The molecule has 1 aromatic heterocycles. The van der Waals surface area contributed by atoms with Crippen LogP contribution in [0.2, 0.25) is 0 Å². The van der Waals surface area contributed by atoms with Gasteiger partial charge in [0.2, 0.25) is 0 Å². The van der Waals surface area contributed by atoms with E-state index in [0.717, 1.165) is 5.56 Å². The zero-order valence-corrected chi connectivity index (χ0v) is 11.7. The van der Waals surface area contributed by atoms with Crippen LogP contribution in [0, 0.1) is 5.82 Å².